The summed E-state index contributed by atoms with van der Waals surface area (Å²) in [5.74, 6) is 0.691. The summed E-state index contributed by atoms with van der Waals surface area (Å²) in [7, 11) is 0. The van der Waals surface area contributed by atoms with Gasteiger partial charge in [0, 0.05) is 28.6 Å². The fourth-order valence-corrected chi connectivity index (χ4v) is 4.57. The van der Waals surface area contributed by atoms with Crippen LogP contribution in [0.15, 0.2) is 63.4 Å². The molecule has 3 aromatic rings. The number of benzene rings is 1. The van der Waals surface area contributed by atoms with Gasteiger partial charge in [-0.3, -0.25) is 9.78 Å². The van der Waals surface area contributed by atoms with Crippen molar-refractivity contribution in [3.63, 3.8) is 0 Å². The first-order chi connectivity index (χ1) is 15.5. The van der Waals surface area contributed by atoms with Crippen molar-refractivity contribution in [2.24, 2.45) is 5.73 Å². The lowest BCUT2D eigenvalue weighted by Gasteiger charge is -2.28. The average Bonchev–Trinajstić information content (AvgIpc) is 3.23. The van der Waals surface area contributed by atoms with Crippen molar-refractivity contribution in [1.82, 2.24) is 9.55 Å². The van der Waals surface area contributed by atoms with E-state index < -0.39 is 5.92 Å². The molecule has 9 heteroatoms. The molecule has 1 atom stereocenters. The summed E-state index contributed by atoms with van der Waals surface area (Å²) in [5, 5.41) is 9.90. The van der Waals surface area contributed by atoms with Crippen molar-refractivity contribution in [1.29, 1.82) is 5.26 Å². The van der Waals surface area contributed by atoms with E-state index >= 15 is 0 Å². The highest BCUT2D eigenvalue weighted by Crippen LogP contribution is 2.46. The Kier molecular flexibility index (Phi) is 4.87. The molecule has 0 fully saturated rings. The van der Waals surface area contributed by atoms with Crippen LogP contribution in [0.1, 0.15) is 28.3 Å². The number of halogens is 1. The molecule has 0 amide bonds. The van der Waals surface area contributed by atoms with Gasteiger partial charge in [-0.15, -0.1) is 0 Å². The monoisotopic (exact) mass is 492 g/mol. The summed E-state index contributed by atoms with van der Waals surface area (Å²) in [4.78, 5) is 17.9. The molecule has 0 unspecified atom stereocenters. The van der Waals surface area contributed by atoms with E-state index in [0.29, 0.717) is 45.1 Å². The number of aromatic nitrogens is 2. The second kappa shape index (κ2) is 7.73. The second-order valence-corrected chi connectivity index (χ2v) is 8.32. The Morgan fingerprint density at radius 2 is 2.06 bits per heavy atom. The first-order valence-corrected chi connectivity index (χ1v) is 10.6. The van der Waals surface area contributed by atoms with Gasteiger partial charge in [-0.25, -0.2) is 0 Å². The third-order valence-electron chi connectivity index (χ3n) is 5.56. The Labute approximate surface area is 191 Å². The highest BCUT2D eigenvalue weighted by molar-refractivity contribution is 9.10. The topological polar surface area (TPSA) is 112 Å². The smallest absolute Gasteiger partial charge is 0.259 e. The van der Waals surface area contributed by atoms with E-state index in [4.69, 9.17) is 19.9 Å². The minimum atomic E-state index is -0.735. The molecule has 32 heavy (non-hydrogen) atoms. The van der Waals surface area contributed by atoms with Crippen molar-refractivity contribution in [2.75, 3.05) is 6.79 Å². The maximum atomic E-state index is 13.8. The lowest BCUT2D eigenvalue weighted by molar-refractivity contribution is 0.174. The van der Waals surface area contributed by atoms with Gasteiger partial charge >= 0.3 is 0 Å². The maximum Gasteiger partial charge on any atom is 0.259 e. The Balaban J connectivity index is 1.73. The molecular weight excluding hydrogens is 476 g/mol. The van der Waals surface area contributed by atoms with Crippen LogP contribution >= 0.6 is 15.9 Å². The van der Waals surface area contributed by atoms with Crippen molar-refractivity contribution < 1.29 is 14.2 Å². The number of ether oxygens (including phenoxy) is 3. The first kappa shape index (κ1) is 20.2. The Bertz CT molecular complexity index is 1380. The molecule has 0 radical (unpaired) electrons. The minimum Gasteiger partial charge on any atom is -0.454 e. The fourth-order valence-electron chi connectivity index (χ4n) is 4.02. The van der Waals surface area contributed by atoms with Gasteiger partial charge in [0.05, 0.1) is 18.0 Å². The molecule has 0 aliphatic carbocycles. The van der Waals surface area contributed by atoms with Crippen LogP contribution in [-0.4, -0.2) is 16.3 Å². The van der Waals surface area contributed by atoms with Crippen LogP contribution in [0.5, 0.6) is 17.2 Å². The van der Waals surface area contributed by atoms with Gasteiger partial charge < -0.3 is 24.5 Å². The normalized spacial score (nSPS) is 16.3. The quantitative estimate of drug-likeness (QED) is 0.596. The molecule has 2 aliphatic rings. The van der Waals surface area contributed by atoms with Crippen LogP contribution in [0, 0.1) is 18.3 Å². The highest BCUT2D eigenvalue weighted by Gasteiger charge is 2.36. The zero-order valence-electron chi connectivity index (χ0n) is 17.0. The number of fused-ring (bicyclic) bond motifs is 2. The summed E-state index contributed by atoms with van der Waals surface area (Å²) >= 11 is 3.56. The van der Waals surface area contributed by atoms with Gasteiger partial charge in [0.15, 0.2) is 11.5 Å². The Hall–Kier alpha value is -3.77. The van der Waals surface area contributed by atoms with E-state index in [9.17, 15) is 10.1 Å². The van der Waals surface area contributed by atoms with E-state index in [1.54, 1.807) is 35.2 Å². The lowest BCUT2D eigenvalue weighted by atomic mass is 9.83. The van der Waals surface area contributed by atoms with Crippen LogP contribution in [0.4, 0.5) is 0 Å². The molecule has 2 aliphatic heterocycles. The summed E-state index contributed by atoms with van der Waals surface area (Å²) in [6.45, 7) is 2.27. The number of allylic oxidation sites excluding steroid dienone is 1. The minimum absolute atomic E-state index is 0.0293. The maximum absolute atomic E-state index is 13.8. The van der Waals surface area contributed by atoms with Gasteiger partial charge in [-0.1, -0.05) is 22.0 Å². The molecular formula is C23H17BrN4O4. The molecule has 2 aromatic heterocycles. The van der Waals surface area contributed by atoms with E-state index in [0.717, 1.165) is 5.56 Å². The Morgan fingerprint density at radius 1 is 1.28 bits per heavy atom. The third kappa shape index (κ3) is 3.20. The van der Waals surface area contributed by atoms with Gasteiger partial charge in [0.1, 0.15) is 17.4 Å². The predicted octanol–water partition coefficient (Wildman–Crippen LogP) is 3.31. The summed E-state index contributed by atoms with van der Waals surface area (Å²) in [6, 6.07) is 11.1. The third-order valence-corrected chi connectivity index (χ3v) is 6.24. The molecule has 2 N–H and O–H groups in total. The summed E-state index contributed by atoms with van der Waals surface area (Å²) in [5.41, 5.74) is 8.58. The van der Waals surface area contributed by atoms with Gasteiger partial charge in [0.2, 0.25) is 12.7 Å². The largest absolute Gasteiger partial charge is 0.454 e. The SMILES string of the molecule is Cc1cc2c(c(=O)n1Cc1cccnc1)[C@H](c1cc3c(cc1Br)OCO3)C(C#N)=C(N)O2. The summed E-state index contributed by atoms with van der Waals surface area (Å²) in [6.07, 6.45) is 3.39. The van der Waals surface area contributed by atoms with Gasteiger partial charge in [-0.2, -0.15) is 5.26 Å². The van der Waals surface area contributed by atoms with Crippen molar-refractivity contribution in [3.05, 3.63) is 91.4 Å². The molecule has 0 saturated heterocycles. The molecule has 8 nitrogen and oxygen atoms in total. The number of nitrogens with two attached hydrogens (primary N) is 1. The van der Waals surface area contributed by atoms with Gasteiger partial charge in [0.25, 0.3) is 5.56 Å². The fraction of sp³-hybridized carbons (Fsp3) is 0.174. The lowest BCUT2D eigenvalue weighted by Crippen LogP contribution is -2.33. The van der Waals surface area contributed by atoms with E-state index in [1.165, 1.54) is 0 Å². The number of rotatable bonds is 3. The van der Waals surface area contributed by atoms with Crippen LogP contribution in [0.25, 0.3) is 0 Å². The number of aryl methyl sites for hydroxylation is 1. The molecule has 4 heterocycles. The number of pyridine rings is 2. The molecule has 1 aromatic carbocycles. The number of hydrogen-bond acceptors (Lipinski definition) is 7. The molecule has 0 spiro atoms. The zero-order chi connectivity index (χ0) is 22.4. The van der Waals surface area contributed by atoms with Crippen LogP contribution in [0.3, 0.4) is 0 Å². The van der Waals surface area contributed by atoms with E-state index in [2.05, 4.69) is 27.0 Å². The number of nitriles is 1. The van der Waals surface area contributed by atoms with Gasteiger partial charge in [-0.05, 0) is 36.2 Å². The van der Waals surface area contributed by atoms with Crippen LogP contribution in [-0.2, 0) is 6.54 Å². The zero-order valence-corrected chi connectivity index (χ0v) is 18.5. The van der Waals surface area contributed by atoms with E-state index in [-0.39, 0.29) is 23.8 Å². The number of nitrogens with zero attached hydrogens (tertiary/aromatic N) is 3. The van der Waals surface area contributed by atoms with E-state index in [1.807, 2.05) is 19.1 Å². The van der Waals surface area contributed by atoms with Crippen molar-refractivity contribution in [2.45, 2.75) is 19.4 Å². The summed E-state index contributed by atoms with van der Waals surface area (Å²) < 4.78 is 19.0. The molecule has 0 saturated carbocycles. The number of hydrogen-bond donors (Lipinski definition) is 1. The second-order valence-electron chi connectivity index (χ2n) is 7.47. The van der Waals surface area contributed by atoms with Crippen molar-refractivity contribution in [3.8, 4) is 23.3 Å². The highest BCUT2D eigenvalue weighted by atomic mass is 79.9. The predicted molar refractivity (Wildman–Crippen MR) is 118 cm³/mol. The first-order valence-electron chi connectivity index (χ1n) is 9.77. The molecule has 0 bridgehead atoms. The molecule has 160 valence electrons. The van der Waals surface area contributed by atoms with Crippen LogP contribution < -0.4 is 25.5 Å². The Morgan fingerprint density at radius 3 is 2.78 bits per heavy atom. The molecule has 5 rings (SSSR count). The standard InChI is InChI=1S/C23H17BrN4O4/c1-12-5-19-21(23(29)28(12)10-13-3-2-4-27-9-13)20(15(8-25)22(26)32-19)14-6-17-18(7-16(14)24)31-11-30-17/h2-7,9,20H,10-11,26H2,1H3/t20-/m1/s1. The van der Waals surface area contributed by atoms with Crippen LogP contribution in [0.2, 0.25) is 0 Å². The average molecular weight is 493 g/mol. The van der Waals surface area contributed by atoms with Crippen molar-refractivity contribution >= 4 is 15.9 Å².